The molecule has 0 unspecified atom stereocenters. The van der Waals surface area contributed by atoms with E-state index in [1.54, 1.807) is 36.7 Å². The second kappa shape index (κ2) is 6.11. The van der Waals surface area contributed by atoms with E-state index >= 15 is 0 Å². The van der Waals surface area contributed by atoms with Crippen LogP contribution in [0.5, 0.6) is 0 Å². The number of carbonyl (C=O) groups excluding carboxylic acids is 2. The molecule has 0 radical (unpaired) electrons. The first-order chi connectivity index (χ1) is 9.16. The number of carbonyl (C=O) groups is 2. The summed E-state index contributed by atoms with van der Waals surface area (Å²) >= 11 is 5.72. The molecule has 1 aromatic carbocycles. The third-order valence-corrected chi connectivity index (χ3v) is 2.77. The highest BCUT2D eigenvalue weighted by molar-refractivity contribution is 6.43. The normalized spacial score (nSPS) is 9.95. The topological polar surface area (TPSA) is 59.1 Å². The largest absolute Gasteiger partial charge is 0.345 e. The van der Waals surface area contributed by atoms with E-state index in [1.165, 1.54) is 12.1 Å². The number of benzene rings is 1. The zero-order valence-corrected chi connectivity index (χ0v) is 10.7. The molecule has 2 rings (SSSR count). The molecule has 1 heterocycles. The molecule has 0 saturated heterocycles. The molecule has 0 fully saturated rings. The zero-order chi connectivity index (χ0) is 13.7. The first-order valence-electron chi connectivity index (χ1n) is 5.64. The Balaban J connectivity index is 1.96. The van der Waals surface area contributed by atoms with Gasteiger partial charge in [-0.1, -0.05) is 11.6 Å². The lowest BCUT2D eigenvalue weighted by Gasteiger charge is -2.04. The molecule has 4 nitrogen and oxygen atoms in total. The monoisotopic (exact) mass is 274 g/mol. The van der Waals surface area contributed by atoms with Crippen LogP contribution in [0.25, 0.3) is 0 Å². The van der Waals surface area contributed by atoms with Crippen LogP contribution >= 0.6 is 11.6 Å². The Morgan fingerprint density at radius 1 is 1.05 bits per heavy atom. The van der Waals surface area contributed by atoms with Gasteiger partial charge in [-0.25, -0.2) is 0 Å². The van der Waals surface area contributed by atoms with Crippen LogP contribution in [0, 0.1) is 0 Å². The average Bonchev–Trinajstić information content (AvgIpc) is 2.46. The van der Waals surface area contributed by atoms with Gasteiger partial charge >= 0.3 is 0 Å². The van der Waals surface area contributed by atoms with E-state index in [9.17, 15) is 9.59 Å². The molecule has 19 heavy (non-hydrogen) atoms. The van der Waals surface area contributed by atoms with Crippen molar-refractivity contribution in [3.63, 3.8) is 0 Å². The van der Waals surface area contributed by atoms with E-state index in [4.69, 9.17) is 11.6 Å². The summed E-state index contributed by atoms with van der Waals surface area (Å²) < 4.78 is 0. The van der Waals surface area contributed by atoms with Gasteiger partial charge in [0.15, 0.2) is 0 Å². The summed E-state index contributed by atoms with van der Waals surface area (Å²) in [5.41, 5.74) is 1.20. The Morgan fingerprint density at radius 2 is 1.68 bits per heavy atom. The third-order valence-electron chi connectivity index (χ3n) is 2.52. The number of hydrogen-bond donors (Lipinski definition) is 1. The van der Waals surface area contributed by atoms with Crippen molar-refractivity contribution in [2.75, 3.05) is 0 Å². The predicted octanol–water partition coefficient (Wildman–Crippen LogP) is 2.23. The molecule has 0 aliphatic carbocycles. The number of amides is 1. The molecule has 0 atom stereocenters. The van der Waals surface area contributed by atoms with Crippen LogP contribution in [0.15, 0.2) is 48.8 Å². The molecule has 1 amide bonds. The highest BCUT2D eigenvalue weighted by Crippen LogP contribution is 2.10. The molecular formula is C14H11ClN2O2. The Labute approximate surface area is 115 Å². The van der Waals surface area contributed by atoms with Gasteiger partial charge in [-0.3, -0.25) is 14.6 Å². The fraction of sp³-hybridized carbons (Fsp3) is 0.0714. The van der Waals surface area contributed by atoms with Crippen LogP contribution in [0.2, 0.25) is 5.02 Å². The van der Waals surface area contributed by atoms with Crippen LogP contribution in [0.1, 0.15) is 15.9 Å². The van der Waals surface area contributed by atoms with Crippen molar-refractivity contribution in [2.45, 2.75) is 6.54 Å². The summed E-state index contributed by atoms with van der Waals surface area (Å²) in [5.74, 6) is -1.22. The van der Waals surface area contributed by atoms with E-state index in [-0.39, 0.29) is 0 Å². The number of ketones is 1. The first kappa shape index (κ1) is 13.2. The number of Topliss-reactive ketones (excluding diaryl/α,β-unsaturated/α-hetero) is 1. The third kappa shape index (κ3) is 3.63. The van der Waals surface area contributed by atoms with Gasteiger partial charge in [0.25, 0.3) is 5.91 Å². The summed E-state index contributed by atoms with van der Waals surface area (Å²) in [5, 5.41) is 3.08. The number of nitrogens with zero attached hydrogens (tertiary/aromatic N) is 1. The standard InChI is InChI=1S/C14H11ClN2O2/c15-12-3-1-11(2-4-12)13(18)14(19)17-9-10-5-7-16-8-6-10/h1-8H,9H2,(H,17,19). The minimum absolute atomic E-state index is 0.292. The van der Waals surface area contributed by atoms with Crippen molar-refractivity contribution >= 4 is 23.3 Å². The SMILES string of the molecule is O=C(NCc1ccncc1)C(=O)c1ccc(Cl)cc1. The summed E-state index contributed by atoms with van der Waals surface area (Å²) in [7, 11) is 0. The Bertz CT molecular complexity index is 582. The lowest BCUT2D eigenvalue weighted by molar-refractivity contribution is -0.117. The van der Waals surface area contributed by atoms with Gasteiger partial charge in [0, 0.05) is 29.5 Å². The molecular weight excluding hydrogens is 264 g/mol. The lowest BCUT2D eigenvalue weighted by Crippen LogP contribution is -2.30. The average molecular weight is 275 g/mol. The summed E-state index contributed by atoms with van der Waals surface area (Å²) in [6, 6.07) is 9.74. The number of aromatic nitrogens is 1. The maximum atomic E-state index is 11.8. The number of halogens is 1. The molecule has 5 heteroatoms. The van der Waals surface area contributed by atoms with Crippen LogP contribution in [-0.2, 0) is 11.3 Å². The molecule has 0 spiro atoms. The van der Waals surface area contributed by atoms with Gasteiger partial charge in [0.2, 0.25) is 5.78 Å². The van der Waals surface area contributed by atoms with Crippen LogP contribution in [-0.4, -0.2) is 16.7 Å². The first-order valence-corrected chi connectivity index (χ1v) is 6.01. The van der Waals surface area contributed by atoms with Gasteiger partial charge in [-0.15, -0.1) is 0 Å². The fourth-order valence-electron chi connectivity index (χ4n) is 1.50. The van der Waals surface area contributed by atoms with E-state index in [2.05, 4.69) is 10.3 Å². The Hall–Kier alpha value is -2.20. The second-order valence-corrected chi connectivity index (χ2v) is 4.31. The summed E-state index contributed by atoms with van der Waals surface area (Å²) in [4.78, 5) is 27.4. The quantitative estimate of drug-likeness (QED) is 0.687. The van der Waals surface area contributed by atoms with Crippen molar-refractivity contribution < 1.29 is 9.59 Å². The summed E-state index contributed by atoms with van der Waals surface area (Å²) in [6.45, 7) is 0.292. The van der Waals surface area contributed by atoms with Gasteiger partial charge in [0.05, 0.1) is 0 Å². The molecule has 1 N–H and O–H groups in total. The second-order valence-electron chi connectivity index (χ2n) is 3.87. The van der Waals surface area contributed by atoms with Crippen molar-refractivity contribution in [1.82, 2.24) is 10.3 Å². The van der Waals surface area contributed by atoms with Gasteiger partial charge in [-0.2, -0.15) is 0 Å². The Kier molecular flexibility index (Phi) is 4.26. The van der Waals surface area contributed by atoms with Gasteiger partial charge < -0.3 is 5.32 Å². The van der Waals surface area contributed by atoms with Crippen molar-refractivity contribution in [1.29, 1.82) is 0 Å². The van der Waals surface area contributed by atoms with E-state index < -0.39 is 11.7 Å². The zero-order valence-electron chi connectivity index (χ0n) is 9.97. The molecule has 96 valence electrons. The number of pyridine rings is 1. The number of rotatable bonds is 4. The van der Waals surface area contributed by atoms with E-state index in [0.29, 0.717) is 17.1 Å². The molecule has 0 aliphatic heterocycles. The Morgan fingerprint density at radius 3 is 2.32 bits per heavy atom. The molecule has 0 bridgehead atoms. The van der Waals surface area contributed by atoms with Crippen molar-refractivity contribution in [3.8, 4) is 0 Å². The minimum Gasteiger partial charge on any atom is -0.345 e. The number of nitrogens with one attached hydrogen (secondary N) is 1. The fourth-order valence-corrected chi connectivity index (χ4v) is 1.62. The maximum Gasteiger partial charge on any atom is 0.292 e. The van der Waals surface area contributed by atoms with Crippen LogP contribution in [0.4, 0.5) is 0 Å². The predicted molar refractivity (Wildman–Crippen MR) is 71.9 cm³/mol. The van der Waals surface area contributed by atoms with E-state index in [1.807, 2.05) is 0 Å². The molecule has 1 aromatic heterocycles. The van der Waals surface area contributed by atoms with Crippen molar-refractivity contribution in [3.05, 3.63) is 64.9 Å². The highest BCUT2D eigenvalue weighted by atomic mass is 35.5. The van der Waals surface area contributed by atoms with E-state index in [0.717, 1.165) is 5.56 Å². The van der Waals surface area contributed by atoms with Gasteiger partial charge in [0.1, 0.15) is 0 Å². The molecule has 2 aromatic rings. The molecule has 0 saturated carbocycles. The smallest absolute Gasteiger partial charge is 0.292 e. The van der Waals surface area contributed by atoms with Gasteiger partial charge in [-0.05, 0) is 42.0 Å². The lowest BCUT2D eigenvalue weighted by atomic mass is 10.1. The van der Waals surface area contributed by atoms with Crippen molar-refractivity contribution in [2.24, 2.45) is 0 Å². The minimum atomic E-state index is -0.640. The molecule has 0 aliphatic rings. The number of hydrogen-bond acceptors (Lipinski definition) is 3. The highest BCUT2D eigenvalue weighted by Gasteiger charge is 2.15. The van der Waals surface area contributed by atoms with Crippen LogP contribution in [0.3, 0.4) is 0 Å². The maximum absolute atomic E-state index is 11.8. The van der Waals surface area contributed by atoms with Crippen LogP contribution < -0.4 is 5.32 Å². The summed E-state index contributed by atoms with van der Waals surface area (Å²) in [6.07, 6.45) is 3.25.